The normalized spacial score (nSPS) is 20.2. The maximum Gasteiger partial charge on any atom is 0.254 e. The Balaban J connectivity index is 1.57. The Labute approximate surface area is 154 Å². The predicted molar refractivity (Wildman–Crippen MR) is 97.7 cm³/mol. The molecule has 1 N–H and O–H groups in total. The van der Waals surface area contributed by atoms with Crippen LogP contribution in [-0.2, 0) is 4.79 Å². The average Bonchev–Trinajstić information content (AvgIpc) is 3.20. The lowest BCUT2D eigenvalue weighted by Gasteiger charge is -2.35. The molecule has 26 heavy (non-hydrogen) atoms. The van der Waals surface area contributed by atoms with Gasteiger partial charge in [-0.1, -0.05) is 0 Å². The van der Waals surface area contributed by atoms with Crippen molar-refractivity contribution < 1.29 is 19.1 Å². The van der Waals surface area contributed by atoms with Gasteiger partial charge in [-0.2, -0.15) is 0 Å². The molecule has 2 aliphatic rings. The van der Waals surface area contributed by atoms with Gasteiger partial charge < -0.3 is 24.6 Å². The van der Waals surface area contributed by atoms with E-state index in [4.69, 9.17) is 9.47 Å². The van der Waals surface area contributed by atoms with Crippen LogP contribution in [0, 0.1) is 0 Å². The number of carbonyl (C=O) groups is 2. The van der Waals surface area contributed by atoms with Crippen LogP contribution in [0.4, 0.5) is 0 Å². The van der Waals surface area contributed by atoms with Crippen molar-refractivity contribution in [2.24, 2.45) is 0 Å². The first kappa shape index (κ1) is 18.5. The molecule has 2 amide bonds. The number of nitrogens with zero attached hydrogens (tertiary/aromatic N) is 2. The number of amides is 2. The number of piperazine rings is 1. The number of carbonyl (C=O) groups excluding carboxylic acids is 2. The van der Waals surface area contributed by atoms with Crippen molar-refractivity contribution in [3.63, 3.8) is 0 Å². The van der Waals surface area contributed by atoms with E-state index in [0.29, 0.717) is 55.7 Å². The summed E-state index contributed by atoms with van der Waals surface area (Å²) in [5, 5.41) is 3.36. The van der Waals surface area contributed by atoms with Crippen molar-refractivity contribution in [2.75, 3.05) is 46.9 Å². The summed E-state index contributed by atoms with van der Waals surface area (Å²) >= 11 is 0. The molecule has 0 aromatic heterocycles. The van der Waals surface area contributed by atoms with Crippen LogP contribution in [0.2, 0.25) is 0 Å². The van der Waals surface area contributed by atoms with Gasteiger partial charge in [0, 0.05) is 50.3 Å². The second-order valence-corrected chi connectivity index (χ2v) is 6.77. The molecule has 1 aromatic rings. The molecule has 7 nitrogen and oxygen atoms in total. The summed E-state index contributed by atoms with van der Waals surface area (Å²) in [6.45, 7) is 3.26. The molecule has 0 saturated carbocycles. The van der Waals surface area contributed by atoms with Crippen LogP contribution in [0.25, 0.3) is 0 Å². The molecule has 1 unspecified atom stereocenters. The molecule has 0 radical (unpaired) electrons. The number of nitrogens with one attached hydrogen (secondary N) is 1. The van der Waals surface area contributed by atoms with Crippen molar-refractivity contribution in [3.8, 4) is 11.5 Å². The lowest BCUT2D eigenvalue weighted by Crippen LogP contribution is -2.51. The zero-order valence-corrected chi connectivity index (χ0v) is 15.5. The fraction of sp³-hybridized carbons (Fsp3) is 0.579. The number of rotatable bonds is 5. The molecule has 3 rings (SSSR count). The van der Waals surface area contributed by atoms with E-state index in [-0.39, 0.29) is 11.8 Å². The van der Waals surface area contributed by atoms with Gasteiger partial charge in [0.2, 0.25) is 5.91 Å². The topological polar surface area (TPSA) is 71.1 Å². The van der Waals surface area contributed by atoms with E-state index in [0.717, 1.165) is 19.4 Å². The van der Waals surface area contributed by atoms with Crippen molar-refractivity contribution in [1.82, 2.24) is 15.1 Å². The lowest BCUT2D eigenvalue weighted by atomic mass is 10.1. The SMILES string of the molecule is COc1cc(OC)cc(C(=O)N2CCN(C(=O)CC3CCCN3)CC2)c1. The highest BCUT2D eigenvalue weighted by Crippen LogP contribution is 2.24. The van der Waals surface area contributed by atoms with Crippen LogP contribution in [0.5, 0.6) is 11.5 Å². The number of methoxy groups -OCH3 is 2. The second-order valence-electron chi connectivity index (χ2n) is 6.77. The Hall–Kier alpha value is -2.28. The first-order valence-electron chi connectivity index (χ1n) is 9.14. The van der Waals surface area contributed by atoms with Crippen molar-refractivity contribution in [2.45, 2.75) is 25.3 Å². The molecule has 1 aromatic carbocycles. The summed E-state index contributed by atoms with van der Waals surface area (Å²) in [5.74, 6) is 1.29. The summed E-state index contributed by atoms with van der Waals surface area (Å²) < 4.78 is 10.5. The van der Waals surface area contributed by atoms with E-state index in [1.54, 1.807) is 37.3 Å². The van der Waals surface area contributed by atoms with E-state index in [1.165, 1.54) is 0 Å². The monoisotopic (exact) mass is 361 g/mol. The Kier molecular flexibility index (Phi) is 5.98. The molecule has 142 valence electrons. The van der Waals surface area contributed by atoms with Gasteiger partial charge in [0.05, 0.1) is 14.2 Å². The molecule has 0 bridgehead atoms. The van der Waals surface area contributed by atoms with Gasteiger partial charge in [-0.15, -0.1) is 0 Å². The fourth-order valence-corrected chi connectivity index (χ4v) is 3.54. The zero-order chi connectivity index (χ0) is 18.5. The smallest absolute Gasteiger partial charge is 0.254 e. The van der Waals surface area contributed by atoms with E-state index in [1.807, 2.05) is 4.90 Å². The van der Waals surface area contributed by atoms with Crippen LogP contribution in [-0.4, -0.2) is 74.6 Å². The number of ether oxygens (including phenoxy) is 2. The summed E-state index contributed by atoms with van der Waals surface area (Å²) in [5.41, 5.74) is 0.538. The first-order chi connectivity index (χ1) is 12.6. The lowest BCUT2D eigenvalue weighted by molar-refractivity contribution is -0.133. The van der Waals surface area contributed by atoms with E-state index < -0.39 is 0 Å². The Morgan fingerprint density at radius 3 is 2.19 bits per heavy atom. The van der Waals surface area contributed by atoms with E-state index in [9.17, 15) is 9.59 Å². The predicted octanol–water partition coefficient (Wildman–Crippen LogP) is 1.13. The highest BCUT2D eigenvalue weighted by Gasteiger charge is 2.27. The summed E-state index contributed by atoms with van der Waals surface area (Å²) in [7, 11) is 3.12. The molecular formula is C19H27N3O4. The molecular weight excluding hydrogens is 334 g/mol. The third kappa shape index (κ3) is 4.27. The van der Waals surface area contributed by atoms with Crippen LogP contribution < -0.4 is 14.8 Å². The average molecular weight is 361 g/mol. The molecule has 0 aliphatic carbocycles. The van der Waals surface area contributed by atoms with Crippen molar-refractivity contribution >= 4 is 11.8 Å². The number of hydrogen-bond acceptors (Lipinski definition) is 5. The molecule has 2 saturated heterocycles. The molecule has 7 heteroatoms. The molecule has 1 atom stereocenters. The highest BCUT2D eigenvalue weighted by atomic mass is 16.5. The Morgan fingerprint density at radius 1 is 1.04 bits per heavy atom. The van der Waals surface area contributed by atoms with Gasteiger partial charge in [-0.05, 0) is 31.5 Å². The zero-order valence-electron chi connectivity index (χ0n) is 15.5. The Bertz CT molecular complexity index is 628. The summed E-state index contributed by atoms with van der Waals surface area (Å²) in [6.07, 6.45) is 2.77. The van der Waals surface area contributed by atoms with Crippen LogP contribution >= 0.6 is 0 Å². The number of hydrogen-bond donors (Lipinski definition) is 1. The molecule has 2 heterocycles. The molecule has 2 aliphatic heterocycles. The summed E-state index contributed by atoms with van der Waals surface area (Å²) in [4.78, 5) is 28.9. The minimum atomic E-state index is -0.0632. The second kappa shape index (κ2) is 8.40. The third-order valence-corrected chi connectivity index (χ3v) is 5.10. The first-order valence-corrected chi connectivity index (χ1v) is 9.14. The van der Waals surface area contributed by atoms with Crippen LogP contribution in [0.1, 0.15) is 29.6 Å². The molecule has 0 spiro atoms. The van der Waals surface area contributed by atoms with Gasteiger partial charge in [-0.25, -0.2) is 0 Å². The van der Waals surface area contributed by atoms with Gasteiger partial charge in [0.25, 0.3) is 5.91 Å². The summed E-state index contributed by atoms with van der Waals surface area (Å²) in [6, 6.07) is 5.48. The van der Waals surface area contributed by atoms with Gasteiger partial charge in [0.1, 0.15) is 11.5 Å². The Morgan fingerprint density at radius 2 is 1.65 bits per heavy atom. The third-order valence-electron chi connectivity index (χ3n) is 5.10. The minimum absolute atomic E-state index is 0.0632. The van der Waals surface area contributed by atoms with Gasteiger partial charge in [-0.3, -0.25) is 9.59 Å². The maximum absolute atomic E-state index is 12.8. The maximum atomic E-state index is 12.8. The van der Waals surface area contributed by atoms with E-state index in [2.05, 4.69) is 5.32 Å². The van der Waals surface area contributed by atoms with Gasteiger partial charge >= 0.3 is 0 Å². The molecule has 2 fully saturated rings. The highest BCUT2D eigenvalue weighted by molar-refractivity contribution is 5.95. The van der Waals surface area contributed by atoms with E-state index >= 15 is 0 Å². The minimum Gasteiger partial charge on any atom is -0.497 e. The van der Waals surface area contributed by atoms with Gasteiger partial charge in [0.15, 0.2) is 0 Å². The van der Waals surface area contributed by atoms with Crippen LogP contribution in [0.15, 0.2) is 18.2 Å². The van der Waals surface area contributed by atoms with Crippen molar-refractivity contribution in [3.05, 3.63) is 23.8 Å². The quantitative estimate of drug-likeness (QED) is 0.851. The van der Waals surface area contributed by atoms with Crippen LogP contribution in [0.3, 0.4) is 0 Å². The largest absolute Gasteiger partial charge is 0.497 e. The van der Waals surface area contributed by atoms with Crippen molar-refractivity contribution in [1.29, 1.82) is 0 Å². The fourth-order valence-electron chi connectivity index (χ4n) is 3.54. The standard InChI is InChI=1S/C19H27N3O4/c1-25-16-10-14(11-17(13-16)26-2)19(24)22-8-6-21(7-9-22)18(23)12-15-4-3-5-20-15/h10-11,13,15,20H,3-9,12H2,1-2H3. The number of benzene rings is 1.